The highest BCUT2D eigenvalue weighted by Crippen LogP contribution is 2.03. The van der Waals surface area contributed by atoms with Crippen LogP contribution in [-0.2, 0) is 4.57 Å². The highest BCUT2D eigenvalue weighted by Gasteiger charge is 1.80. The fourth-order valence-corrected chi connectivity index (χ4v) is 0.120. The molecule has 0 radical (unpaired) electrons. The van der Waals surface area contributed by atoms with Crippen LogP contribution in [0.15, 0.2) is 11.9 Å². The van der Waals surface area contributed by atoms with Crippen molar-refractivity contribution in [3.8, 4) is 0 Å². The normalized spacial score (nSPS) is 8.33. The van der Waals surface area contributed by atoms with Crippen molar-refractivity contribution in [2.24, 2.45) is 0 Å². The Morgan fingerprint density at radius 2 is 2.17 bits per heavy atom. The summed E-state index contributed by atoms with van der Waals surface area (Å²) in [4.78, 5) is 0. The Bertz CT molecular complexity index is 75.6. The van der Waals surface area contributed by atoms with Gasteiger partial charge in [-0.1, -0.05) is 0 Å². The van der Waals surface area contributed by atoms with Gasteiger partial charge in [0.05, 0.1) is 5.82 Å². The van der Waals surface area contributed by atoms with E-state index >= 15 is 0 Å². The molecule has 0 saturated carbocycles. The summed E-state index contributed by atoms with van der Waals surface area (Å²) in [6.45, 7) is 0. The van der Waals surface area contributed by atoms with Crippen LogP contribution in [0.5, 0.6) is 0 Å². The van der Waals surface area contributed by atoms with Crippen molar-refractivity contribution in [1.29, 1.82) is 0 Å². The molecular weight excluding hydrogens is 109 g/mol. The maximum absolute atomic E-state index is 10.7. The lowest BCUT2D eigenvalue weighted by molar-refractivity contribution is 0.423. The van der Waals surface area contributed by atoms with Gasteiger partial charge in [0, 0.05) is 0 Å². The lowest BCUT2D eigenvalue weighted by Gasteiger charge is -1.61. The second-order valence-corrected chi connectivity index (χ2v) is 0.993. The van der Waals surface area contributed by atoms with Gasteiger partial charge in [-0.3, -0.25) is 4.57 Å². The Morgan fingerprint density at radius 3 is 2.17 bits per heavy atom. The monoisotopic (exact) mass is 110 g/mol. The summed E-state index contributed by atoms with van der Waals surface area (Å²) in [5.41, 5.74) is 0. The van der Waals surface area contributed by atoms with Crippen LogP contribution in [0, 0.1) is 0 Å². The third-order valence-electron chi connectivity index (χ3n) is 0.150. The Balaban J connectivity index is 3.41. The minimum Gasteiger partial charge on any atom is -0.270 e. The Kier molecular flexibility index (Phi) is 2.77. The molecule has 4 heteroatoms. The van der Waals surface area contributed by atoms with Gasteiger partial charge >= 0.3 is 0 Å². The van der Waals surface area contributed by atoms with E-state index in [1.807, 2.05) is 0 Å². The van der Waals surface area contributed by atoms with Crippen molar-refractivity contribution in [2.45, 2.75) is 0 Å². The standard InChI is InChI=1S/C2HF2OP/c3-2(4)1-6-5/h1H. The zero-order valence-corrected chi connectivity index (χ0v) is 3.58. The largest absolute Gasteiger partial charge is 0.278 e. The van der Waals surface area contributed by atoms with Crippen molar-refractivity contribution in [1.82, 2.24) is 0 Å². The molecule has 0 aromatic carbocycles. The molecule has 1 nitrogen and oxygen atoms in total. The topological polar surface area (TPSA) is 17.1 Å². The number of halogens is 2. The Morgan fingerprint density at radius 1 is 1.67 bits per heavy atom. The van der Waals surface area contributed by atoms with E-state index in [1.165, 1.54) is 0 Å². The maximum Gasteiger partial charge on any atom is 0.278 e. The molecule has 0 aromatic rings. The summed E-state index contributed by atoms with van der Waals surface area (Å²) in [5, 5.41) is 0. The quantitative estimate of drug-likeness (QED) is 0.472. The Hall–Kier alpha value is -0.300. The highest BCUT2D eigenvalue weighted by molar-refractivity contribution is 7.27. The highest BCUT2D eigenvalue weighted by atomic mass is 31.1. The first-order valence-electron chi connectivity index (χ1n) is 1.11. The van der Waals surface area contributed by atoms with Gasteiger partial charge in [0.2, 0.25) is 0 Å². The zero-order chi connectivity index (χ0) is 4.99. The molecule has 0 aliphatic heterocycles. The van der Waals surface area contributed by atoms with Gasteiger partial charge in [-0.2, -0.15) is 8.78 Å². The van der Waals surface area contributed by atoms with Gasteiger partial charge in [-0.15, -0.1) is 0 Å². The third kappa shape index (κ3) is 3.70. The second-order valence-electron chi connectivity index (χ2n) is 0.524. The molecule has 0 aliphatic rings. The predicted molar refractivity (Wildman–Crippen MR) is 17.9 cm³/mol. The molecule has 0 fully saturated rings. The summed E-state index contributed by atoms with van der Waals surface area (Å²) in [7, 11) is -0.638. The Labute approximate surface area is 34.9 Å². The van der Waals surface area contributed by atoms with Gasteiger partial charge in [-0.05, 0) is 0 Å². The van der Waals surface area contributed by atoms with E-state index < -0.39 is 14.5 Å². The third-order valence-corrected chi connectivity index (χ3v) is 0.451. The minimum absolute atomic E-state index is 0.292. The molecule has 0 atom stereocenters. The van der Waals surface area contributed by atoms with Crippen LogP contribution < -0.4 is 0 Å². The zero-order valence-electron chi connectivity index (χ0n) is 2.69. The molecule has 0 amide bonds. The molecule has 0 aliphatic carbocycles. The average molecular weight is 110 g/mol. The van der Waals surface area contributed by atoms with E-state index in [0.717, 1.165) is 0 Å². The number of hydrogen-bond acceptors (Lipinski definition) is 1. The summed E-state index contributed by atoms with van der Waals surface area (Å²) in [6, 6.07) is 0. The van der Waals surface area contributed by atoms with Crippen molar-refractivity contribution < 1.29 is 13.3 Å². The first kappa shape index (κ1) is 5.70. The van der Waals surface area contributed by atoms with E-state index in [0.29, 0.717) is 5.82 Å². The van der Waals surface area contributed by atoms with Crippen LogP contribution in [0.3, 0.4) is 0 Å². The van der Waals surface area contributed by atoms with Crippen LogP contribution in [0.25, 0.3) is 0 Å². The van der Waals surface area contributed by atoms with Crippen LogP contribution in [0.1, 0.15) is 0 Å². The average Bonchev–Trinajstić information content (AvgIpc) is 1.35. The molecule has 0 aromatic heterocycles. The summed E-state index contributed by atoms with van der Waals surface area (Å²) >= 11 is 0. The molecule has 0 unspecified atom stereocenters. The lowest BCUT2D eigenvalue weighted by atomic mass is 11.1. The number of hydrogen-bond donors (Lipinski definition) is 0. The summed E-state index contributed by atoms with van der Waals surface area (Å²) in [6.07, 6.45) is -1.91. The molecule has 0 rings (SSSR count). The van der Waals surface area contributed by atoms with E-state index in [1.54, 1.807) is 0 Å². The minimum atomic E-state index is -1.91. The van der Waals surface area contributed by atoms with Crippen molar-refractivity contribution >= 4 is 8.46 Å². The molecular formula is C2HF2OP. The molecule has 0 spiro atoms. The van der Waals surface area contributed by atoms with E-state index in [4.69, 9.17) is 4.57 Å². The second kappa shape index (κ2) is 2.91. The van der Waals surface area contributed by atoms with Crippen LogP contribution in [0.4, 0.5) is 8.78 Å². The van der Waals surface area contributed by atoms with Crippen molar-refractivity contribution in [3.05, 3.63) is 11.9 Å². The van der Waals surface area contributed by atoms with Crippen molar-refractivity contribution in [2.75, 3.05) is 0 Å². The maximum atomic E-state index is 10.7. The fraction of sp³-hybridized carbons (Fsp3) is 0. The van der Waals surface area contributed by atoms with Crippen LogP contribution in [-0.4, -0.2) is 0 Å². The van der Waals surface area contributed by atoms with Crippen LogP contribution in [0.2, 0.25) is 0 Å². The molecule has 0 N–H and O–H groups in total. The first-order chi connectivity index (χ1) is 2.77. The van der Waals surface area contributed by atoms with Crippen LogP contribution >= 0.6 is 8.46 Å². The molecule has 0 saturated heterocycles. The summed E-state index contributed by atoms with van der Waals surface area (Å²) < 4.78 is 30.5. The SMILES string of the molecule is O=PC=C(F)F. The van der Waals surface area contributed by atoms with Gasteiger partial charge in [0.1, 0.15) is 0 Å². The molecule has 6 heavy (non-hydrogen) atoms. The van der Waals surface area contributed by atoms with Gasteiger partial charge in [0.25, 0.3) is 6.08 Å². The smallest absolute Gasteiger partial charge is 0.270 e. The van der Waals surface area contributed by atoms with E-state index in [2.05, 4.69) is 0 Å². The number of rotatable bonds is 1. The lowest BCUT2D eigenvalue weighted by Crippen LogP contribution is -1.41. The van der Waals surface area contributed by atoms with E-state index in [9.17, 15) is 8.78 Å². The predicted octanol–water partition coefficient (Wildman–Crippen LogP) is 2.02. The van der Waals surface area contributed by atoms with E-state index in [-0.39, 0.29) is 0 Å². The first-order valence-corrected chi connectivity index (χ1v) is 1.99. The van der Waals surface area contributed by atoms with Crippen molar-refractivity contribution in [3.63, 3.8) is 0 Å². The molecule has 0 bridgehead atoms. The fourth-order valence-electron chi connectivity index (χ4n) is 0.0398. The molecule has 34 valence electrons. The van der Waals surface area contributed by atoms with Gasteiger partial charge in [0.15, 0.2) is 8.46 Å². The van der Waals surface area contributed by atoms with Gasteiger partial charge < -0.3 is 0 Å². The summed E-state index contributed by atoms with van der Waals surface area (Å²) in [5.74, 6) is 0.292. The molecule has 0 heterocycles. The van der Waals surface area contributed by atoms with Gasteiger partial charge in [-0.25, -0.2) is 0 Å².